The van der Waals surface area contributed by atoms with Crippen molar-refractivity contribution in [2.75, 3.05) is 0 Å². The topological polar surface area (TPSA) is 26.3 Å². The first-order valence-electron chi connectivity index (χ1n) is 5.99. The average Bonchev–Trinajstić information content (AvgIpc) is 2.48. The van der Waals surface area contributed by atoms with Gasteiger partial charge in [0, 0.05) is 5.92 Å². The molecule has 1 saturated heterocycles. The molecule has 0 spiro atoms. The van der Waals surface area contributed by atoms with Crippen LogP contribution in [0.4, 0.5) is 0 Å². The number of cyclic esters (lactones) is 1. The molecule has 0 amide bonds. The highest BCUT2D eigenvalue weighted by molar-refractivity contribution is 6.13. The smallest absolute Gasteiger partial charge is 0.308 e. The number of fused-ring (bicyclic) bond motifs is 1. The molecule has 2 aliphatic rings. The van der Waals surface area contributed by atoms with Gasteiger partial charge in [0.25, 0.3) is 0 Å². The first kappa shape index (κ1) is 10.1. The van der Waals surface area contributed by atoms with Crippen molar-refractivity contribution in [3.8, 4) is 0 Å². The zero-order valence-corrected chi connectivity index (χ0v) is 9.00. The van der Waals surface area contributed by atoms with Crippen molar-refractivity contribution in [2.45, 2.75) is 50.9 Å². The number of esters is 1. The van der Waals surface area contributed by atoms with Crippen molar-refractivity contribution in [3.63, 3.8) is 0 Å². The van der Waals surface area contributed by atoms with E-state index in [2.05, 4.69) is 7.85 Å². The molecular formula is C11H19BO2. The summed E-state index contributed by atoms with van der Waals surface area (Å²) in [5.74, 6) is 0.813. The van der Waals surface area contributed by atoms with E-state index in [0.29, 0.717) is 5.92 Å². The second-order valence-electron chi connectivity index (χ2n) is 4.76. The van der Waals surface area contributed by atoms with Gasteiger partial charge in [-0.3, -0.25) is 4.79 Å². The molecule has 0 aromatic carbocycles. The maximum absolute atomic E-state index is 11.6. The van der Waals surface area contributed by atoms with Crippen molar-refractivity contribution in [2.24, 2.45) is 11.8 Å². The fraction of sp³-hybridized carbons (Fsp3) is 0.909. The largest absolute Gasteiger partial charge is 0.472 e. The summed E-state index contributed by atoms with van der Waals surface area (Å²) in [6, 6.07) is 0.172. The number of hydrogen-bond donors (Lipinski definition) is 0. The first-order chi connectivity index (χ1) is 6.79. The van der Waals surface area contributed by atoms with Crippen LogP contribution in [-0.2, 0) is 9.53 Å². The molecule has 3 heteroatoms. The molecule has 1 saturated carbocycles. The molecule has 0 aromatic heterocycles. The summed E-state index contributed by atoms with van der Waals surface area (Å²) in [6.07, 6.45) is 8.73. The van der Waals surface area contributed by atoms with E-state index in [-0.39, 0.29) is 17.9 Å². The number of carbonyl (C=O) groups is 1. The minimum atomic E-state index is 0.0735. The summed E-state index contributed by atoms with van der Waals surface area (Å²) in [5, 5.41) is 0. The lowest BCUT2D eigenvalue weighted by Crippen LogP contribution is -2.20. The predicted octanol–water partition coefficient (Wildman–Crippen LogP) is 1.48. The van der Waals surface area contributed by atoms with E-state index in [0.717, 1.165) is 6.42 Å². The van der Waals surface area contributed by atoms with Crippen molar-refractivity contribution in [1.29, 1.82) is 0 Å². The van der Waals surface area contributed by atoms with E-state index in [1.54, 1.807) is 0 Å². The number of ether oxygens (including phenoxy) is 1. The summed E-state index contributed by atoms with van der Waals surface area (Å²) in [5.41, 5.74) is 0. The van der Waals surface area contributed by atoms with Gasteiger partial charge in [-0.2, -0.15) is 0 Å². The SMILES string of the molecule is BC1OC(=O)C2CCCCCCCC12. The predicted molar refractivity (Wildman–Crippen MR) is 57.7 cm³/mol. The Kier molecular flexibility index (Phi) is 3.14. The Bertz CT molecular complexity index is 217. The Balaban J connectivity index is 2.04. The lowest BCUT2D eigenvalue weighted by atomic mass is 9.77. The molecular weight excluding hydrogens is 175 g/mol. The molecule has 1 aliphatic carbocycles. The van der Waals surface area contributed by atoms with Gasteiger partial charge in [0.1, 0.15) is 0 Å². The second-order valence-corrected chi connectivity index (χ2v) is 4.76. The Hall–Kier alpha value is -0.465. The normalized spacial score (nSPS) is 39.1. The van der Waals surface area contributed by atoms with Crippen LogP contribution in [-0.4, -0.2) is 19.8 Å². The molecule has 0 bridgehead atoms. The van der Waals surface area contributed by atoms with Crippen LogP contribution in [0.3, 0.4) is 0 Å². The van der Waals surface area contributed by atoms with Gasteiger partial charge in [-0.15, -0.1) is 0 Å². The van der Waals surface area contributed by atoms with Crippen LogP contribution in [0.15, 0.2) is 0 Å². The van der Waals surface area contributed by atoms with Gasteiger partial charge in [-0.25, -0.2) is 0 Å². The van der Waals surface area contributed by atoms with Gasteiger partial charge in [0.05, 0.1) is 11.9 Å². The Labute approximate surface area is 86.8 Å². The number of hydrogen-bond acceptors (Lipinski definition) is 2. The monoisotopic (exact) mass is 194 g/mol. The third kappa shape index (κ3) is 1.96. The Morgan fingerprint density at radius 3 is 2.50 bits per heavy atom. The maximum atomic E-state index is 11.6. The van der Waals surface area contributed by atoms with Crippen molar-refractivity contribution in [3.05, 3.63) is 0 Å². The molecule has 0 N–H and O–H groups in total. The van der Waals surface area contributed by atoms with Gasteiger partial charge in [-0.1, -0.05) is 32.1 Å². The highest BCUT2D eigenvalue weighted by Gasteiger charge is 2.40. The molecule has 1 aliphatic heterocycles. The first-order valence-corrected chi connectivity index (χ1v) is 5.99. The molecule has 3 unspecified atom stereocenters. The van der Waals surface area contributed by atoms with Gasteiger partial charge in [0.2, 0.25) is 0 Å². The lowest BCUT2D eigenvalue weighted by Gasteiger charge is -2.16. The summed E-state index contributed by atoms with van der Waals surface area (Å²) in [4.78, 5) is 11.6. The van der Waals surface area contributed by atoms with E-state index < -0.39 is 0 Å². The molecule has 0 radical (unpaired) electrons. The molecule has 78 valence electrons. The summed E-state index contributed by atoms with van der Waals surface area (Å²) in [7, 11) is 2.06. The van der Waals surface area contributed by atoms with Crippen LogP contribution in [0.2, 0.25) is 0 Å². The van der Waals surface area contributed by atoms with E-state index in [9.17, 15) is 4.79 Å². The van der Waals surface area contributed by atoms with Crippen LogP contribution >= 0.6 is 0 Å². The van der Waals surface area contributed by atoms with E-state index in [1.165, 1.54) is 38.5 Å². The standard InChI is InChI=1S/C11H19BO2/c12-10-8-6-4-2-1-3-5-7-9(8)11(13)14-10/h8-10H,1-7,12H2. The molecule has 3 atom stereocenters. The van der Waals surface area contributed by atoms with Crippen molar-refractivity contribution in [1.82, 2.24) is 0 Å². The van der Waals surface area contributed by atoms with Gasteiger partial charge >= 0.3 is 5.97 Å². The molecule has 2 rings (SSSR count). The zero-order valence-electron chi connectivity index (χ0n) is 9.00. The van der Waals surface area contributed by atoms with Gasteiger partial charge < -0.3 is 4.74 Å². The van der Waals surface area contributed by atoms with Crippen LogP contribution in [0.5, 0.6) is 0 Å². The molecule has 1 heterocycles. The lowest BCUT2D eigenvalue weighted by molar-refractivity contribution is -0.142. The van der Waals surface area contributed by atoms with Crippen LogP contribution < -0.4 is 0 Å². The number of carbonyl (C=O) groups excluding carboxylic acids is 1. The van der Waals surface area contributed by atoms with Crippen molar-refractivity contribution < 1.29 is 9.53 Å². The minimum Gasteiger partial charge on any atom is -0.472 e. The Morgan fingerprint density at radius 1 is 1.07 bits per heavy atom. The summed E-state index contributed by atoms with van der Waals surface area (Å²) < 4.78 is 5.32. The third-order valence-electron chi connectivity index (χ3n) is 3.78. The second kappa shape index (κ2) is 4.37. The van der Waals surface area contributed by atoms with Crippen LogP contribution in [0.25, 0.3) is 0 Å². The molecule has 2 nitrogen and oxygen atoms in total. The van der Waals surface area contributed by atoms with E-state index in [4.69, 9.17) is 4.74 Å². The van der Waals surface area contributed by atoms with Gasteiger partial charge in [-0.05, 0) is 12.8 Å². The zero-order chi connectivity index (χ0) is 9.97. The van der Waals surface area contributed by atoms with Crippen LogP contribution in [0, 0.1) is 11.8 Å². The fourth-order valence-corrected chi connectivity index (χ4v) is 2.90. The van der Waals surface area contributed by atoms with E-state index >= 15 is 0 Å². The van der Waals surface area contributed by atoms with Gasteiger partial charge in [0.15, 0.2) is 7.85 Å². The average molecular weight is 194 g/mol. The molecule has 2 fully saturated rings. The molecule has 0 aromatic rings. The third-order valence-corrected chi connectivity index (χ3v) is 3.78. The number of rotatable bonds is 0. The highest BCUT2D eigenvalue weighted by atomic mass is 16.5. The van der Waals surface area contributed by atoms with Crippen molar-refractivity contribution >= 4 is 13.8 Å². The highest BCUT2D eigenvalue weighted by Crippen LogP contribution is 2.35. The Morgan fingerprint density at radius 2 is 1.71 bits per heavy atom. The fourth-order valence-electron chi connectivity index (χ4n) is 2.90. The molecule has 14 heavy (non-hydrogen) atoms. The van der Waals surface area contributed by atoms with Crippen LogP contribution in [0.1, 0.15) is 44.9 Å². The summed E-state index contributed by atoms with van der Waals surface area (Å²) >= 11 is 0. The van der Waals surface area contributed by atoms with E-state index in [1.807, 2.05) is 0 Å². The maximum Gasteiger partial charge on any atom is 0.308 e. The summed E-state index contributed by atoms with van der Waals surface area (Å²) in [6.45, 7) is 0. The quantitative estimate of drug-likeness (QED) is 0.431. The minimum absolute atomic E-state index is 0.0735.